The zero-order valence-electron chi connectivity index (χ0n) is 11.9. The van der Waals surface area contributed by atoms with Crippen LogP contribution >= 0.6 is 0 Å². The van der Waals surface area contributed by atoms with E-state index in [0.717, 1.165) is 24.2 Å². The standard InChI is InChI=1S/C16H17NO5/c18-12(19)7-10(11-2-1-5-22-11)17-15(20)13-8-3-4-9(6-8)14(13)16(17)21/h1-2,5,8-10,13-14H,3-4,6-7H2,(H,18,19)/p-1/t8-,9-,10+,13-,14-/m0/s1. The third-order valence-electron chi connectivity index (χ3n) is 5.50. The van der Waals surface area contributed by atoms with Crippen LogP contribution in [-0.2, 0) is 14.4 Å². The number of amides is 2. The Kier molecular flexibility index (Phi) is 2.89. The minimum atomic E-state index is -1.30. The van der Waals surface area contributed by atoms with Crippen LogP contribution in [0.5, 0.6) is 0 Å². The molecular weight excluding hydrogens is 286 g/mol. The molecule has 116 valence electrons. The highest BCUT2D eigenvalue weighted by atomic mass is 16.4. The highest BCUT2D eigenvalue weighted by Gasteiger charge is 2.62. The van der Waals surface area contributed by atoms with Crippen molar-refractivity contribution in [1.29, 1.82) is 0 Å². The second-order valence-corrected chi connectivity index (χ2v) is 6.54. The van der Waals surface area contributed by atoms with Crippen LogP contribution < -0.4 is 5.11 Å². The number of furan rings is 1. The van der Waals surface area contributed by atoms with E-state index in [1.165, 1.54) is 6.26 Å². The van der Waals surface area contributed by atoms with Crippen molar-refractivity contribution in [2.24, 2.45) is 23.7 Å². The van der Waals surface area contributed by atoms with Gasteiger partial charge in [-0.1, -0.05) is 0 Å². The summed E-state index contributed by atoms with van der Waals surface area (Å²) in [5, 5.41) is 11.1. The van der Waals surface area contributed by atoms with Crippen LogP contribution in [0.2, 0.25) is 0 Å². The van der Waals surface area contributed by atoms with Gasteiger partial charge in [0.2, 0.25) is 11.8 Å². The quantitative estimate of drug-likeness (QED) is 0.755. The Bertz CT molecular complexity index is 609. The topological polar surface area (TPSA) is 90.7 Å². The van der Waals surface area contributed by atoms with Crippen LogP contribution in [0.25, 0.3) is 0 Å². The van der Waals surface area contributed by atoms with Gasteiger partial charge in [-0.05, 0) is 43.2 Å². The molecule has 5 atom stereocenters. The Morgan fingerprint density at radius 1 is 1.27 bits per heavy atom. The maximum atomic E-state index is 12.8. The maximum absolute atomic E-state index is 12.8. The maximum Gasteiger partial charge on any atom is 0.234 e. The van der Waals surface area contributed by atoms with E-state index in [1.807, 2.05) is 0 Å². The minimum Gasteiger partial charge on any atom is -0.550 e. The molecule has 0 aromatic carbocycles. The van der Waals surface area contributed by atoms with Gasteiger partial charge in [0.1, 0.15) is 11.8 Å². The summed E-state index contributed by atoms with van der Waals surface area (Å²) in [6.07, 6.45) is 3.91. The van der Waals surface area contributed by atoms with Crippen LogP contribution in [0.4, 0.5) is 0 Å². The van der Waals surface area contributed by atoms with Crippen molar-refractivity contribution in [3.63, 3.8) is 0 Å². The normalized spacial score (nSPS) is 34.3. The molecule has 2 saturated carbocycles. The second-order valence-electron chi connectivity index (χ2n) is 6.54. The molecule has 3 aliphatic rings. The third kappa shape index (κ3) is 1.76. The highest BCUT2D eigenvalue weighted by Crippen LogP contribution is 2.57. The number of carboxylic acid groups (broad SMARTS) is 1. The lowest BCUT2D eigenvalue weighted by Gasteiger charge is -2.26. The molecule has 1 aliphatic heterocycles. The molecule has 3 fully saturated rings. The fourth-order valence-electron chi connectivity index (χ4n) is 4.70. The molecule has 0 unspecified atom stereocenters. The van der Waals surface area contributed by atoms with Gasteiger partial charge in [-0.2, -0.15) is 0 Å². The number of carbonyl (C=O) groups is 3. The smallest absolute Gasteiger partial charge is 0.234 e. The molecule has 0 spiro atoms. The minimum absolute atomic E-state index is 0.232. The summed E-state index contributed by atoms with van der Waals surface area (Å²) in [6, 6.07) is 2.31. The van der Waals surface area contributed by atoms with Gasteiger partial charge < -0.3 is 14.3 Å². The van der Waals surface area contributed by atoms with E-state index in [-0.39, 0.29) is 35.5 Å². The molecule has 2 amide bonds. The van der Waals surface area contributed by atoms with Crippen LogP contribution in [-0.4, -0.2) is 22.7 Å². The summed E-state index contributed by atoms with van der Waals surface area (Å²) in [5.41, 5.74) is 0. The number of carbonyl (C=O) groups excluding carboxylic acids is 3. The van der Waals surface area contributed by atoms with Gasteiger partial charge in [-0.3, -0.25) is 14.5 Å². The summed E-state index contributed by atoms with van der Waals surface area (Å²) >= 11 is 0. The number of imide groups is 1. The molecule has 0 N–H and O–H groups in total. The lowest BCUT2D eigenvalue weighted by atomic mass is 9.81. The molecule has 22 heavy (non-hydrogen) atoms. The van der Waals surface area contributed by atoms with Gasteiger partial charge >= 0.3 is 0 Å². The van der Waals surface area contributed by atoms with Crippen molar-refractivity contribution in [3.8, 4) is 0 Å². The van der Waals surface area contributed by atoms with E-state index in [9.17, 15) is 19.5 Å². The number of fused-ring (bicyclic) bond motifs is 5. The molecule has 2 bridgehead atoms. The molecule has 1 aromatic heterocycles. The van der Waals surface area contributed by atoms with Crippen LogP contribution in [0.1, 0.15) is 37.5 Å². The predicted molar refractivity (Wildman–Crippen MR) is 70.7 cm³/mol. The molecule has 6 nitrogen and oxygen atoms in total. The average molecular weight is 302 g/mol. The summed E-state index contributed by atoms with van der Waals surface area (Å²) < 4.78 is 5.26. The van der Waals surface area contributed by atoms with Gasteiger partial charge in [-0.25, -0.2) is 0 Å². The van der Waals surface area contributed by atoms with E-state index in [0.29, 0.717) is 5.76 Å². The fraction of sp³-hybridized carbons (Fsp3) is 0.562. The van der Waals surface area contributed by atoms with Crippen LogP contribution in [0.3, 0.4) is 0 Å². The van der Waals surface area contributed by atoms with Crippen molar-refractivity contribution in [3.05, 3.63) is 24.2 Å². The van der Waals surface area contributed by atoms with Gasteiger partial charge in [0.05, 0.1) is 18.1 Å². The lowest BCUT2D eigenvalue weighted by Crippen LogP contribution is -2.39. The first-order chi connectivity index (χ1) is 10.6. The number of hydrogen-bond donors (Lipinski definition) is 0. The summed E-state index contributed by atoms with van der Waals surface area (Å²) in [5.74, 6) is -1.42. The van der Waals surface area contributed by atoms with E-state index < -0.39 is 18.4 Å². The Labute approximate surface area is 127 Å². The Hall–Kier alpha value is -2.11. The Balaban J connectivity index is 1.70. The number of carboxylic acids is 1. The van der Waals surface area contributed by atoms with Crippen LogP contribution in [0, 0.1) is 23.7 Å². The predicted octanol–water partition coefficient (Wildman–Crippen LogP) is 0.492. The molecule has 1 aromatic rings. The number of rotatable bonds is 4. The number of hydrogen-bond acceptors (Lipinski definition) is 5. The summed E-state index contributed by atoms with van der Waals surface area (Å²) in [6.45, 7) is 0. The number of likely N-dealkylation sites (tertiary alicyclic amines) is 1. The van der Waals surface area contributed by atoms with Crippen molar-refractivity contribution in [2.75, 3.05) is 0 Å². The Morgan fingerprint density at radius 2 is 1.91 bits per heavy atom. The second kappa shape index (κ2) is 4.69. The van der Waals surface area contributed by atoms with Gasteiger partial charge in [-0.15, -0.1) is 0 Å². The highest BCUT2D eigenvalue weighted by molar-refractivity contribution is 6.06. The zero-order chi connectivity index (χ0) is 15.4. The van der Waals surface area contributed by atoms with E-state index in [2.05, 4.69) is 0 Å². The molecular formula is C16H16NO5-. The average Bonchev–Trinajstić information content (AvgIpc) is 3.22. The molecule has 6 heteroatoms. The first-order valence-corrected chi connectivity index (χ1v) is 7.68. The van der Waals surface area contributed by atoms with E-state index in [4.69, 9.17) is 4.42 Å². The first-order valence-electron chi connectivity index (χ1n) is 7.68. The first kappa shape index (κ1) is 13.5. The number of aliphatic carboxylic acids is 1. The fourth-order valence-corrected chi connectivity index (χ4v) is 4.70. The molecule has 2 aliphatic carbocycles. The van der Waals surface area contributed by atoms with E-state index in [1.54, 1.807) is 12.1 Å². The zero-order valence-corrected chi connectivity index (χ0v) is 11.9. The monoisotopic (exact) mass is 302 g/mol. The molecule has 4 rings (SSSR count). The van der Waals surface area contributed by atoms with Gasteiger partial charge in [0.25, 0.3) is 0 Å². The summed E-state index contributed by atoms with van der Waals surface area (Å²) in [7, 11) is 0. The van der Waals surface area contributed by atoms with Crippen molar-refractivity contribution < 1.29 is 23.9 Å². The molecule has 0 radical (unpaired) electrons. The lowest BCUT2D eigenvalue weighted by molar-refractivity contribution is -0.306. The van der Waals surface area contributed by atoms with Crippen molar-refractivity contribution >= 4 is 17.8 Å². The molecule has 1 saturated heterocycles. The number of nitrogens with zero attached hydrogens (tertiary/aromatic N) is 1. The summed E-state index contributed by atoms with van der Waals surface area (Å²) in [4.78, 5) is 37.7. The SMILES string of the molecule is O=C([O-])C[C@H](c1ccco1)N1C(=O)[C@H]2[C@H]3CC[C@@H](C3)[C@@H]2C1=O. The van der Waals surface area contributed by atoms with Gasteiger partial charge in [0, 0.05) is 12.4 Å². The van der Waals surface area contributed by atoms with Gasteiger partial charge in [0.15, 0.2) is 0 Å². The van der Waals surface area contributed by atoms with E-state index >= 15 is 0 Å². The van der Waals surface area contributed by atoms with Crippen LogP contribution in [0.15, 0.2) is 22.8 Å². The third-order valence-corrected chi connectivity index (χ3v) is 5.50. The van der Waals surface area contributed by atoms with Crippen molar-refractivity contribution in [2.45, 2.75) is 31.7 Å². The van der Waals surface area contributed by atoms with Crippen molar-refractivity contribution in [1.82, 2.24) is 4.90 Å². The largest absolute Gasteiger partial charge is 0.550 e. The molecule has 2 heterocycles. The Morgan fingerprint density at radius 3 is 2.41 bits per heavy atom.